The van der Waals surface area contributed by atoms with Gasteiger partial charge in [0, 0.05) is 12.0 Å². The van der Waals surface area contributed by atoms with Crippen molar-refractivity contribution in [2.45, 2.75) is 38.7 Å². The molecule has 0 amide bonds. The third-order valence-corrected chi connectivity index (χ3v) is 12.9. The number of fused-ring (bicyclic) bond motifs is 1. The van der Waals surface area contributed by atoms with Gasteiger partial charge in [-0.2, -0.15) is 0 Å². The number of aromatic carboxylic acids is 1. The van der Waals surface area contributed by atoms with Gasteiger partial charge >= 0.3 is 5.97 Å². The van der Waals surface area contributed by atoms with Crippen molar-refractivity contribution in [2.24, 2.45) is 0 Å². The second kappa shape index (κ2) is 10.3. The van der Waals surface area contributed by atoms with Crippen LogP contribution in [0, 0.1) is 0 Å². The fraction of sp³-hybridized carbons (Fsp3) is 0.250. The van der Waals surface area contributed by atoms with E-state index in [0.29, 0.717) is 34.5 Å². The highest BCUT2D eigenvalue weighted by atomic mass is 79.9. The number of carboxylic acid groups (broad SMARTS) is 1. The first kappa shape index (κ1) is 25.7. The molecule has 3 aromatic carbocycles. The number of rotatable bonds is 8. The first-order valence-electron chi connectivity index (χ1n) is 11.6. The standard InChI is InChI=1S/C28H29BrClNO3Si/c1-28(2,3)35(19-11-6-4-7-12-19,20-13-8-5-9-14-20)34-18-10-15-21-22-16-17-23(30)24(29)25(22)31-26(21)27(32)33/h4-9,11-14,16-17,31H,10,15,18H2,1-3H3,(H,32,33). The van der Waals surface area contributed by atoms with Crippen LogP contribution in [0.1, 0.15) is 43.2 Å². The van der Waals surface area contributed by atoms with Crippen molar-refractivity contribution in [2.75, 3.05) is 6.61 Å². The fourth-order valence-electron chi connectivity index (χ4n) is 4.94. The lowest BCUT2D eigenvalue weighted by Crippen LogP contribution is -2.66. The summed E-state index contributed by atoms with van der Waals surface area (Å²) in [7, 11) is -2.63. The minimum atomic E-state index is -2.63. The molecule has 0 saturated carbocycles. The Kier molecular flexibility index (Phi) is 7.57. The third kappa shape index (κ3) is 4.85. The van der Waals surface area contributed by atoms with E-state index in [1.807, 2.05) is 18.2 Å². The normalized spacial score (nSPS) is 12.3. The Bertz CT molecular complexity index is 1290. The van der Waals surface area contributed by atoms with Gasteiger partial charge in [0.25, 0.3) is 8.32 Å². The molecular formula is C28H29BrClNO3Si. The quantitative estimate of drug-likeness (QED) is 0.181. The molecule has 4 nitrogen and oxygen atoms in total. The largest absolute Gasteiger partial charge is 0.477 e. The summed E-state index contributed by atoms with van der Waals surface area (Å²) in [6, 6.07) is 24.7. The van der Waals surface area contributed by atoms with Crippen molar-refractivity contribution in [1.82, 2.24) is 4.98 Å². The molecule has 0 unspecified atom stereocenters. The van der Waals surface area contributed by atoms with Crippen molar-refractivity contribution >= 4 is 63.1 Å². The van der Waals surface area contributed by atoms with Crippen molar-refractivity contribution < 1.29 is 14.3 Å². The van der Waals surface area contributed by atoms with E-state index in [0.717, 1.165) is 10.9 Å². The van der Waals surface area contributed by atoms with Crippen LogP contribution in [0.2, 0.25) is 10.1 Å². The summed E-state index contributed by atoms with van der Waals surface area (Å²) in [6.45, 7) is 7.28. The van der Waals surface area contributed by atoms with E-state index >= 15 is 0 Å². The maximum atomic E-state index is 12.0. The van der Waals surface area contributed by atoms with Gasteiger partial charge < -0.3 is 14.5 Å². The molecule has 0 fully saturated rings. The van der Waals surface area contributed by atoms with Gasteiger partial charge in [-0.05, 0) is 55.8 Å². The van der Waals surface area contributed by atoms with Gasteiger partial charge in [0.15, 0.2) is 0 Å². The summed E-state index contributed by atoms with van der Waals surface area (Å²) < 4.78 is 7.65. The molecule has 7 heteroatoms. The van der Waals surface area contributed by atoms with Gasteiger partial charge in [-0.3, -0.25) is 0 Å². The van der Waals surface area contributed by atoms with E-state index in [4.69, 9.17) is 16.0 Å². The zero-order chi connectivity index (χ0) is 25.2. The van der Waals surface area contributed by atoms with Gasteiger partial charge in [-0.15, -0.1) is 0 Å². The molecule has 4 aromatic rings. The third-order valence-electron chi connectivity index (χ3n) is 6.49. The molecule has 0 bridgehead atoms. The number of hydrogen-bond donors (Lipinski definition) is 2. The van der Waals surface area contributed by atoms with Gasteiger partial charge in [0.2, 0.25) is 0 Å². The molecule has 0 saturated heterocycles. The lowest BCUT2D eigenvalue weighted by atomic mass is 10.1. The van der Waals surface area contributed by atoms with Gasteiger partial charge in [0.05, 0.1) is 15.0 Å². The number of hydrogen-bond acceptors (Lipinski definition) is 2. The van der Waals surface area contributed by atoms with Crippen LogP contribution in [0.4, 0.5) is 0 Å². The van der Waals surface area contributed by atoms with E-state index in [-0.39, 0.29) is 10.7 Å². The molecule has 182 valence electrons. The second-order valence-electron chi connectivity index (χ2n) is 9.68. The first-order chi connectivity index (χ1) is 16.7. The summed E-state index contributed by atoms with van der Waals surface area (Å²) in [5.74, 6) is -0.980. The number of aryl methyl sites for hydroxylation is 1. The van der Waals surface area contributed by atoms with Crippen molar-refractivity contribution in [3.63, 3.8) is 0 Å². The Balaban J connectivity index is 1.66. The van der Waals surface area contributed by atoms with E-state index < -0.39 is 14.3 Å². The molecule has 35 heavy (non-hydrogen) atoms. The average molecular weight is 571 g/mol. The van der Waals surface area contributed by atoms with Gasteiger partial charge in [0.1, 0.15) is 5.69 Å². The minimum Gasteiger partial charge on any atom is -0.477 e. The van der Waals surface area contributed by atoms with E-state index in [9.17, 15) is 9.90 Å². The molecule has 0 aliphatic carbocycles. The van der Waals surface area contributed by atoms with Crippen LogP contribution in [-0.2, 0) is 10.8 Å². The minimum absolute atomic E-state index is 0.107. The second-order valence-corrected chi connectivity index (χ2v) is 15.2. The smallest absolute Gasteiger partial charge is 0.352 e. The summed E-state index contributed by atoms with van der Waals surface area (Å²) >= 11 is 9.72. The highest BCUT2D eigenvalue weighted by Gasteiger charge is 2.49. The number of halogens is 2. The Morgan fingerprint density at radius 2 is 1.57 bits per heavy atom. The summed E-state index contributed by atoms with van der Waals surface area (Å²) in [4.78, 5) is 15.0. The SMILES string of the molecule is CC(C)(C)[Si](OCCCc1c(C(=O)O)[nH]c2c(Br)c(Cl)ccc12)(c1ccccc1)c1ccccc1. The van der Waals surface area contributed by atoms with Crippen molar-refractivity contribution in [1.29, 1.82) is 0 Å². The predicted molar refractivity (Wildman–Crippen MR) is 150 cm³/mol. The maximum Gasteiger partial charge on any atom is 0.352 e. The molecule has 1 heterocycles. The zero-order valence-electron chi connectivity index (χ0n) is 20.1. The number of H-pyrrole nitrogens is 1. The molecule has 0 radical (unpaired) electrons. The van der Waals surface area contributed by atoms with Gasteiger partial charge in [-0.25, -0.2) is 4.79 Å². The highest BCUT2D eigenvalue weighted by molar-refractivity contribution is 9.10. The lowest BCUT2D eigenvalue weighted by molar-refractivity contribution is 0.0690. The molecule has 1 aromatic heterocycles. The summed E-state index contributed by atoms with van der Waals surface area (Å²) in [5, 5.41) is 13.6. The summed E-state index contributed by atoms with van der Waals surface area (Å²) in [5.41, 5.74) is 1.68. The predicted octanol–water partition coefficient (Wildman–Crippen LogP) is 6.79. The number of aromatic nitrogens is 1. The topological polar surface area (TPSA) is 62.3 Å². The highest BCUT2D eigenvalue weighted by Crippen LogP contribution is 2.37. The Morgan fingerprint density at radius 1 is 1.00 bits per heavy atom. The molecule has 0 spiro atoms. The van der Waals surface area contributed by atoms with Crippen LogP contribution in [0.25, 0.3) is 10.9 Å². The van der Waals surface area contributed by atoms with Crippen LogP contribution < -0.4 is 10.4 Å². The molecular weight excluding hydrogens is 542 g/mol. The number of nitrogens with one attached hydrogen (secondary N) is 1. The van der Waals surface area contributed by atoms with Gasteiger partial charge in [-0.1, -0.05) is 99.1 Å². The van der Waals surface area contributed by atoms with E-state index in [2.05, 4.69) is 90.2 Å². The Hall–Kier alpha value is -2.38. The average Bonchev–Trinajstić information content (AvgIpc) is 3.21. The molecule has 2 N–H and O–H groups in total. The van der Waals surface area contributed by atoms with Crippen LogP contribution >= 0.6 is 27.5 Å². The van der Waals surface area contributed by atoms with E-state index in [1.165, 1.54) is 10.4 Å². The van der Waals surface area contributed by atoms with Crippen LogP contribution in [0.3, 0.4) is 0 Å². The lowest BCUT2D eigenvalue weighted by Gasteiger charge is -2.43. The van der Waals surface area contributed by atoms with Crippen LogP contribution in [0.5, 0.6) is 0 Å². The monoisotopic (exact) mass is 569 g/mol. The number of benzene rings is 3. The number of carbonyl (C=O) groups is 1. The van der Waals surface area contributed by atoms with Crippen LogP contribution in [0.15, 0.2) is 77.3 Å². The molecule has 4 rings (SSSR count). The van der Waals surface area contributed by atoms with Crippen LogP contribution in [-0.4, -0.2) is 31.0 Å². The Labute approximate surface area is 220 Å². The van der Waals surface area contributed by atoms with E-state index in [1.54, 1.807) is 6.07 Å². The summed E-state index contributed by atoms with van der Waals surface area (Å²) in [6.07, 6.45) is 1.27. The molecule has 0 atom stereocenters. The Morgan fingerprint density at radius 3 is 2.09 bits per heavy atom. The number of aromatic amines is 1. The van der Waals surface area contributed by atoms with Crippen molar-refractivity contribution in [3.05, 3.63) is 93.5 Å². The fourth-order valence-corrected chi connectivity index (χ4v) is 10.1. The molecule has 0 aliphatic heterocycles. The van der Waals surface area contributed by atoms with Crippen molar-refractivity contribution in [3.8, 4) is 0 Å². The number of carboxylic acids is 1. The maximum absolute atomic E-state index is 12.0. The zero-order valence-corrected chi connectivity index (χ0v) is 23.4. The molecule has 0 aliphatic rings. The first-order valence-corrected chi connectivity index (χ1v) is 14.7.